The average Bonchev–Trinajstić information content (AvgIpc) is 2.86. The molecule has 39 heavy (non-hydrogen) atoms. The Labute approximate surface area is 238 Å². The molecule has 2 atom stereocenters. The normalized spacial score (nSPS) is 13.1. The molecular formula is C29H43ClF2N2O4S. The summed E-state index contributed by atoms with van der Waals surface area (Å²) in [5.41, 5.74) is 2.52. The Balaban J connectivity index is 0.00000760. The van der Waals surface area contributed by atoms with E-state index in [1.165, 1.54) is 5.56 Å². The number of nitrogens with one attached hydrogen (secondary N) is 2. The molecule has 0 saturated carbocycles. The Hall–Kier alpha value is -2.07. The summed E-state index contributed by atoms with van der Waals surface area (Å²) in [6.07, 6.45) is 2.15. The zero-order chi connectivity index (χ0) is 28.1. The zero-order valence-corrected chi connectivity index (χ0v) is 24.7. The van der Waals surface area contributed by atoms with Crippen molar-refractivity contribution in [2.75, 3.05) is 12.3 Å². The van der Waals surface area contributed by atoms with Crippen molar-refractivity contribution in [2.24, 2.45) is 0 Å². The first kappa shape index (κ1) is 35.0. The van der Waals surface area contributed by atoms with Gasteiger partial charge in [0, 0.05) is 25.6 Å². The molecule has 0 aromatic heterocycles. The van der Waals surface area contributed by atoms with Gasteiger partial charge in [0.25, 0.3) is 0 Å². The minimum atomic E-state index is -3.45. The zero-order valence-electron chi connectivity index (χ0n) is 23.1. The van der Waals surface area contributed by atoms with Gasteiger partial charge in [0.15, 0.2) is 9.84 Å². The number of sulfone groups is 1. The second kappa shape index (κ2) is 17.6. The number of carbonyl (C=O) groups is 1. The Bertz CT molecular complexity index is 1110. The van der Waals surface area contributed by atoms with Gasteiger partial charge in [-0.15, -0.1) is 12.4 Å². The average molecular weight is 589 g/mol. The van der Waals surface area contributed by atoms with Gasteiger partial charge in [-0.25, -0.2) is 17.2 Å². The highest BCUT2D eigenvalue weighted by atomic mass is 35.5. The van der Waals surface area contributed by atoms with Gasteiger partial charge in [-0.05, 0) is 54.5 Å². The summed E-state index contributed by atoms with van der Waals surface area (Å²) in [4.78, 5) is 12.8. The molecule has 0 spiro atoms. The van der Waals surface area contributed by atoms with Gasteiger partial charge in [-0.3, -0.25) is 4.79 Å². The number of aliphatic hydroxyl groups is 1. The van der Waals surface area contributed by atoms with Crippen LogP contribution in [0.5, 0.6) is 0 Å². The lowest BCUT2D eigenvalue weighted by Gasteiger charge is -2.25. The lowest BCUT2D eigenvalue weighted by Crippen LogP contribution is -2.49. The molecule has 0 unspecified atom stereocenters. The maximum Gasteiger partial charge on any atom is 0.221 e. The summed E-state index contributed by atoms with van der Waals surface area (Å²) in [6, 6.07) is 10.2. The molecule has 0 radical (unpaired) electrons. The molecule has 220 valence electrons. The Morgan fingerprint density at radius 2 is 1.56 bits per heavy atom. The molecule has 1 amide bonds. The Morgan fingerprint density at radius 1 is 0.949 bits per heavy atom. The molecule has 3 N–H and O–H groups in total. The van der Waals surface area contributed by atoms with Gasteiger partial charge in [0.05, 0.1) is 23.1 Å². The summed E-state index contributed by atoms with van der Waals surface area (Å²) in [5.74, 6) is -2.32. The predicted molar refractivity (Wildman–Crippen MR) is 155 cm³/mol. The third-order valence-corrected chi connectivity index (χ3v) is 8.87. The van der Waals surface area contributed by atoms with Crippen molar-refractivity contribution >= 4 is 28.2 Å². The second-order valence-corrected chi connectivity index (χ2v) is 12.2. The predicted octanol–water partition coefficient (Wildman–Crippen LogP) is 4.90. The number of hydrogen-bond donors (Lipinski definition) is 3. The molecule has 0 aliphatic carbocycles. The van der Waals surface area contributed by atoms with Crippen LogP contribution >= 0.6 is 12.4 Å². The van der Waals surface area contributed by atoms with Gasteiger partial charge in [0.1, 0.15) is 11.6 Å². The summed E-state index contributed by atoms with van der Waals surface area (Å²) >= 11 is 0. The van der Waals surface area contributed by atoms with Gasteiger partial charge < -0.3 is 15.7 Å². The number of halogens is 3. The standard InChI is InChI=1S/C29H42F2N2O4S.ClH/c1-4-8-26(9-5-2)38(36,37)13-12-29(35)33-27(17-23-15-24(30)18-25(31)16-23)28(34)20-32-19-22-11-7-10-21(6-3)14-22;/h7,10-11,14-16,18,26-28,32,34H,4-6,8-9,12-13,17,19-20H2,1-3H3,(H,33,35);1H/t27-,28+;/m0./s1. The van der Waals surface area contributed by atoms with Crippen LogP contribution in [0.2, 0.25) is 0 Å². The number of benzene rings is 2. The maximum atomic E-state index is 13.8. The van der Waals surface area contributed by atoms with Crippen LogP contribution in [-0.2, 0) is 34.0 Å². The van der Waals surface area contributed by atoms with Crippen LogP contribution < -0.4 is 10.6 Å². The molecule has 0 aliphatic heterocycles. The largest absolute Gasteiger partial charge is 0.390 e. The van der Waals surface area contributed by atoms with Gasteiger partial charge in [-0.1, -0.05) is 57.9 Å². The van der Waals surface area contributed by atoms with Crippen LogP contribution in [0.3, 0.4) is 0 Å². The lowest BCUT2D eigenvalue weighted by atomic mass is 10.00. The van der Waals surface area contributed by atoms with E-state index in [2.05, 4.69) is 23.6 Å². The lowest BCUT2D eigenvalue weighted by molar-refractivity contribution is -0.122. The fraction of sp³-hybridized carbons (Fsp3) is 0.552. The Morgan fingerprint density at radius 3 is 2.15 bits per heavy atom. The minimum Gasteiger partial charge on any atom is -0.390 e. The van der Waals surface area contributed by atoms with Crippen molar-refractivity contribution in [3.05, 3.63) is 70.8 Å². The van der Waals surface area contributed by atoms with E-state index in [9.17, 15) is 27.1 Å². The van der Waals surface area contributed by atoms with E-state index in [0.29, 0.717) is 19.4 Å². The third-order valence-electron chi connectivity index (χ3n) is 6.61. The van der Waals surface area contributed by atoms with Crippen molar-refractivity contribution in [2.45, 2.75) is 89.7 Å². The molecule has 2 aromatic rings. The first-order valence-corrected chi connectivity index (χ1v) is 15.2. The van der Waals surface area contributed by atoms with Crippen molar-refractivity contribution in [3.8, 4) is 0 Å². The van der Waals surface area contributed by atoms with Crippen molar-refractivity contribution in [1.29, 1.82) is 0 Å². The molecule has 0 bridgehead atoms. The van der Waals surface area contributed by atoms with Crippen LogP contribution in [0.15, 0.2) is 42.5 Å². The van der Waals surface area contributed by atoms with Crippen molar-refractivity contribution < 1.29 is 27.1 Å². The molecule has 0 saturated heterocycles. The van der Waals surface area contributed by atoms with E-state index >= 15 is 0 Å². The van der Waals surface area contributed by atoms with E-state index in [-0.39, 0.29) is 43.1 Å². The number of hydrogen-bond acceptors (Lipinski definition) is 5. The van der Waals surface area contributed by atoms with Crippen molar-refractivity contribution in [1.82, 2.24) is 10.6 Å². The minimum absolute atomic E-state index is 0. The van der Waals surface area contributed by atoms with Gasteiger partial charge in [0.2, 0.25) is 5.91 Å². The fourth-order valence-electron chi connectivity index (χ4n) is 4.56. The number of rotatable bonds is 17. The molecule has 2 aromatic carbocycles. The van der Waals surface area contributed by atoms with Crippen LogP contribution in [0.4, 0.5) is 8.78 Å². The Kier molecular flexibility index (Phi) is 15.8. The summed E-state index contributed by atoms with van der Waals surface area (Å²) in [5, 5.41) is 16.3. The second-order valence-electron chi connectivity index (χ2n) is 9.84. The van der Waals surface area contributed by atoms with Gasteiger partial charge in [-0.2, -0.15) is 0 Å². The van der Waals surface area contributed by atoms with Gasteiger partial charge >= 0.3 is 0 Å². The summed E-state index contributed by atoms with van der Waals surface area (Å²) < 4.78 is 53.2. The van der Waals surface area contributed by atoms with Crippen LogP contribution in [0, 0.1) is 11.6 Å². The maximum absolute atomic E-state index is 13.8. The summed E-state index contributed by atoms with van der Waals surface area (Å²) in [7, 11) is -3.45. The van der Waals surface area contributed by atoms with Crippen LogP contribution in [0.25, 0.3) is 0 Å². The number of carbonyl (C=O) groups excluding carboxylic acids is 1. The molecule has 0 aliphatic rings. The number of amides is 1. The van der Waals surface area contributed by atoms with E-state index in [1.54, 1.807) is 0 Å². The molecule has 2 rings (SSSR count). The molecule has 0 fully saturated rings. The van der Waals surface area contributed by atoms with E-state index < -0.39 is 44.8 Å². The first-order valence-electron chi connectivity index (χ1n) is 13.5. The molecular weight excluding hydrogens is 546 g/mol. The van der Waals surface area contributed by atoms with Crippen LogP contribution in [-0.4, -0.2) is 49.1 Å². The third kappa shape index (κ3) is 12.3. The highest BCUT2D eigenvalue weighted by Crippen LogP contribution is 2.17. The molecule has 0 heterocycles. The summed E-state index contributed by atoms with van der Waals surface area (Å²) in [6.45, 7) is 6.54. The molecule has 6 nitrogen and oxygen atoms in total. The topological polar surface area (TPSA) is 95.5 Å². The van der Waals surface area contributed by atoms with E-state index in [4.69, 9.17) is 0 Å². The monoisotopic (exact) mass is 588 g/mol. The molecule has 10 heteroatoms. The highest BCUT2D eigenvalue weighted by Gasteiger charge is 2.27. The van der Waals surface area contributed by atoms with Crippen molar-refractivity contribution in [3.63, 3.8) is 0 Å². The quantitative estimate of drug-likeness (QED) is 0.244. The highest BCUT2D eigenvalue weighted by molar-refractivity contribution is 7.92. The fourth-order valence-corrected chi connectivity index (χ4v) is 6.55. The number of aryl methyl sites for hydroxylation is 1. The number of aliphatic hydroxyl groups excluding tert-OH is 1. The van der Waals surface area contributed by atoms with Crippen LogP contribution in [0.1, 0.15) is 69.6 Å². The smallest absolute Gasteiger partial charge is 0.221 e. The van der Waals surface area contributed by atoms with E-state index in [0.717, 1.165) is 43.0 Å². The van der Waals surface area contributed by atoms with E-state index in [1.807, 2.05) is 32.0 Å². The first-order chi connectivity index (χ1) is 18.1. The SMILES string of the molecule is CCCC(CCC)S(=O)(=O)CCC(=O)N[C@@H](Cc1cc(F)cc(F)c1)[C@H](O)CNCc1cccc(CC)c1.Cl.